The molecule has 57 heavy (non-hydrogen) atoms. The molecule has 0 radical (unpaired) electrons. The average molecular weight is 809 g/mol. The third-order valence-electron chi connectivity index (χ3n) is 8.85. The van der Waals surface area contributed by atoms with E-state index in [9.17, 15) is 13.2 Å². The molecule has 8 rings (SSSR count). The predicted molar refractivity (Wildman–Crippen MR) is 174 cm³/mol. The standard InChI is InChI=1S/C38H11F15N4/c39-23-21(24(40)28(44)31(47)27(23)43)19-17-9-15-5-3-13(55-15)7-11-1-2-12(54-11)8-14-4-6-16(56-14)10-18(20(19)22-25(41)29(45)32(48)30(46)26(22)42)57(17)38-36(52)34(50)33(49)35(51)37(38)53/h1-10,54H. The van der Waals surface area contributed by atoms with E-state index in [1.165, 1.54) is 24.3 Å². The maximum Gasteiger partial charge on any atom is 0.200 e. The number of H-pyrrole nitrogens is 1. The van der Waals surface area contributed by atoms with Gasteiger partial charge in [-0.3, -0.25) is 0 Å². The molecule has 5 heterocycles. The minimum absolute atomic E-state index is 0.0226. The van der Waals surface area contributed by atoms with E-state index in [4.69, 9.17) is 0 Å². The lowest BCUT2D eigenvalue weighted by Crippen LogP contribution is -2.10. The number of hydrogen-bond acceptors (Lipinski definition) is 2. The number of aromatic nitrogens is 4. The van der Waals surface area contributed by atoms with Crippen LogP contribution in [0.5, 0.6) is 0 Å². The van der Waals surface area contributed by atoms with Crippen LogP contribution < -0.4 is 0 Å². The van der Waals surface area contributed by atoms with E-state index in [0.717, 1.165) is 12.2 Å². The summed E-state index contributed by atoms with van der Waals surface area (Å²) in [4.78, 5) is 11.3. The van der Waals surface area contributed by atoms with Crippen LogP contribution in [-0.4, -0.2) is 19.5 Å². The van der Waals surface area contributed by atoms with Crippen LogP contribution in [0.4, 0.5) is 65.9 Å². The van der Waals surface area contributed by atoms with Crippen LogP contribution in [0.15, 0.2) is 36.4 Å². The summed E-state index contributed by atoms with van der Waals surface area (Å²) in [5.41, 5.74) is -13.0. The lowest BCUT2D eigenvalue weighted by Gasteiger charge is -2.13. The second kappa shape index (κ2) is 13.2. The molecular formula is C38H11F15N4. The fourth-order valence-electron chi connectivity index (χ4n) is 6.38. The SMILES string of the molecule is Fc1c(F)c(F)c(-c2c(-c3c(F)c(F)c(F)c(F)c3F)c3cc4nc(cc5ccc(cc6nc(cc2n3-c2c(F)c(F)c(F)c(F)c2F)C=C6)[nH]5)C=C4)c(F)c1F. The molecule has 19 heteroatoms. The van der Waals surface area contributed by atoms with E-state index in [-0.39, 0.29) is 16.0 Å². The molecule has 0 atom stereocenters. The van der Waals surface area contributed by atoms with Crippen LogP contribution in [0, 0.1) is 87.3 Å². The predicted octanol–water partition coefficient (Wildman–Crippen LogP) is 11.5. The molecule has 1 N–H and O–H groups in total. The van der Waals surface area contributed by atoms with Gasteiger partial charge in [0.25, 0.3) is 0 Å². The van der Waals surface area contributed by atoms with Crippen LogP contribution in [-0.2, 0) is 0 Å². The highest BCUT2D eigenvalue weighted by Crippen LogP contribution is 2.49. The van der Waals surface area contributed by atoms with Crippen LogP contribution >= 0.6 is 0 Å². The van der Waals surface area contributed by atoms with Crippen molar-refractivity contribution in [2.24, 2.45) is 0 Å². The van der Waals surface area contributed by atoms with Crippen molar-refractivity contribution in [3.05, 3.63) is 146 Å². The van der Waals surface area contributed by atoms with Crippen molar-refractivity contribution < 1.29 is 65.9 Å². The molecule has 0 aliphatic carbocycles. The fourth-order valence-corrected chi connectivity index (χ4v) is 6.38. The van der Waals surface area contributed by atoms with Crippen molar-refractivity contribution in [1.82, 2.24) is 19.5 Å². The van der Waals surface area contributed by atoms with Gasteiger partial charge < -0.3 is 9.55 Å². The Balaban J connectivity index is 1.78. The maximum atomic E-state index is 16.0. The third-order valence-corrected chi connectivity index (χ3v) is 8.85. The van der Waals surface area contributed by atoms with Crippen molar-refractivity contribution in [3.8, 4) is 27.9 Å². The Morgan fingerprint density at radius 3 is 0.947 bits per heavy atom. The second-order valence-electron chi connectivity index (χ2n) is 12.2. The summed E-state index contributed by atoms with van der Waals surface area (Å²) in [5.74, 6) is -41.5. The molecule has 0 unspecified atom stereocenters. The quantitative estimate of drug-likeness (QED) is 0.110. The summed E-state index contributed by atoms with van der Waals surface area (Å²) in [5, 5.41) is 0. The summed E-state index contributed by atoms with van der Waals surface area (Å²) in [6, 6.07) is 6.93. The monoisotopic (exact) mass is 808 g/mol. The van der Waals surface area contributed by atoms with Crippen molar-refractivity contribution in [3.63, 3.8) is 0 Å². The Bertz CT molecular complexity index is 2780. The van der Waals surface area contributed by atoms with Gasteiger partial charge in [0.15, 0.2) is 69.8 Å². The van der Waals surface area contributed by atoms with Gasteiger partial charge in [-0.25, -0.2) is 75.8 Å². The number of aromatic amines is 1. The highest BCUT2D eigenvalue weighted by molar-refractivity contribution is 6.06. The Labute approximate surface area is 306 Å². The normalized spacial score (nSPS) is 12.3. The van der Waals surface area contributed by atoms with E-state index >= 15 is 52.7 Å². The topological polar surface area (TPSA) is 46.5 Å². The molecule has 2 aliphatic heterocycles. The molecule has 2 aliphatic rings. The zero-order chi connectivity index (χ0) is 40.9. The van der Waals surface area contributed by atoms with Gasteiger partial charge in [-0.05, 0) is 60.7 Å². The number of nitrogens with one attached hydrogen (secondary N) is 1. The number of halogens is 15. The van der Waals surface area contributed by atoms with Gasteiger partial charge in [-0.1, -0.05) is 0 Å². The van der Waals surface area contributed by atoms with Crippen LogP contribution in [0.3, 0.4) is 0 Å². The van der Waals surface area contributed by atoms with Gasteiger partial charge >= 0.3 is 0 Å². The highest BCUT2D eigenvalue weighted by atomic mass is 19.2. The maximum absolute atomic E-state index is 16.0. The smallest absolute Gasteiger partial charge is 0.200 e. The molecule has 0 saturated carbocycles. The van der Waals surface area contributed by atoms with Crippen LogP contribution in [0.2, 0.25) is 0 Å². The lowest BCUT2D eigenvalue weighted by molar-refractivity contribution is 0.376. The first-order valence-corrected chi connectivity index (χ1v) is 15.7. The Hall–Kier alpha value is -6.79. The molecule has 0 spiro atoms. The van der Waals surface area contributed by atoms with Crippen molar-refractivity contribution >= 4 is 46.4 Å². The molecule has 4 nitrogen and oxygen atoms in total. The zero-order valence-corrected chi connectivity index (χ0v) is 27.3. The average Bonchev–Trinajstić information content (AvgIpc) is 4.00. The van der Waals surface area contributed by atoms with Crippen LogP contribution in [0.1, 0.15) is 22.8 Å². The molecule has 0 saturated heterocycles. The number of nitrogens with zero attached hydrogens (tertiary/aromatic N) is 3. The minimum Gasteiger partial charge on any atom is -0.355 e. The lowest BCUT2D eigenvalue weighted by atomic mass is 9.93. The Morgan fingerprint density at radius 1 is 0.333 bits per heavy atom. The van der Waals surface area contributed by atoms with E-state index < -0.39 is 138 Å². The first-order chi connectivity index (χ1) is 27.0. The molecule has 288 valence electrons. The summed E-state index contributed by atoms with van der Waals surface area (Å²) in [7, 11) is 0. The zero-order valence-electron chi connectivity index (χ0n) is 27.3. The van der Waals surface area contributed by atoms with Crippen molar-refractivity contribution in [2.45, 2.75) is 0 Å². The van der Waals surface area contributed by atoms with E-state index in [1.807, 2.05) is 0 Å². The van der Waals surface area contributed by atoms with Gasteiger partial charge in [-0.2, -0.15) is 0 Å². The second-order valence-corrected chi connectivity index (χ2v) is 12.2. The molecule has 3 aromatic carbocycles. The number of fused-ring (bicyclic) bond motifs is 8. The summed E-state index contributed by atoms with van der Waals surface area (Å²) in [6.07, 6.45) is 4.59. The summed E-state index contributed by atoms with van der Waals surface area (Å²) < 4.78 is 229. The first-order valence-electron chi connectivity index (χ1n) is 15.7. The Kier molecular flexibility index (Phi) is 8.58. The molecular weight excluding hydrogens is 797 g/mol. The Morgan fingerprint density at radius 2 is 0.614 bits per heavy atom. The fraction of sp³-hybridized carbons (Fsp3) is 0. The highest BCUT2D eigenvalue weighted by Gasteiger charge is 2.38. The number of benzene rings is 3. The summed E-state index contributed by atoms with van der Waals surface area (Å²) in [6.45, 7) is 0. The third kappa shape index (κ3) is 5.58. The van der Waals surface area contributed by atoms with E-state index in [2.05, 4.69) is 15.0 Å². The van der Waals surface area contributed by atoms with Gasteiger partial charge in [0.05, 0.1) is 44.9 Å². The number of rotatable bonds is 3. The van der Waals surface area contributed by atoms with E-state index in [0.29, 0.717) is 23.2 Å². The molecule has 0 amide bonds. The van der Waals surface area contributed by atoms with Crippen LogP contribution in [0.25, 0.3) is 74.3 Å². The molecule has 6 aromatic rings. The number of hydrogen-bond donors (Lipinski definition) is 1. The largest absolute Gasteiger partial charge is 0.355 e. The minimum atomic E-state index is -2.82. The van der Waals surface area contributed by atoms with Gasteiger partial charge in [0, 0.05) is 22.2 Å². The molecule has 0 fully saturated rings. The van der Waals surface area contributed by atoms with Gasteiger partial charge in [0.1, 0.15) is 5.69 Å². The van der Waals surface area contributed by atoms with E-state index in [1.54, 1.807) is 12.1 Å². The van der Waals surface area contributed by atoms with Gasteiger partial charge in [0.2, 0.25) is 17.5 Å². The van der Waals surface area contributed by atoms with Gasteiger partial charge in [-0.15, -0.1) is 0 Å². The first kappa shape index (κ1) is 37.1. The molecule has 8 bridgehead atoms. The molecule has 3 aromatic heterocycles. The summed E-state index contributed by atoms with van der Waals surface area (Å²) >= 11 is 0. The van der Waals surface area contributed by atoms with Crippen molar-refractivity contribution in [2.75, 3.05) is 0 Å². The van der Waals surface area contributed by atoms with Crippen molar-refractivity contribution in [1.29, 1.82) is 0 Å².